The molecule has 2 nitrogen and oxygen atoms in total. The van der Waals surface area contributed by atoms with Gasteiger partial charge >= 0.3 is 0 Å². The third-order valence-electron chi connectivity index (χ3n) is 3.11. The highest BCUT2D eigenvalue weighted by atomic mass is 79.9. The Hall–Kier alpha value is -0.830. The Bertz CT molecular complexity index is 426. The lowest BCUT2D eigenvalue weighted by Crippen LogP contribution is -2.28. The van der Waals surface area contributed by atoms with Crippen LogP contribution in [0.5, 0.6) is 0 Å². The lowest BCUT2D eigenvalue weighted by molar-refractivity contribution is -0.117. The van der Waals surface area contributed by atoms with Crippen LogP contribution in [0, 0.1) is 5.92 Å². The van der Waals surface area contributed by atoms with Gasteiger partial charge in [-0.2, -0.15) is 0 Å². The second-order valence-corrected chi connectivity index (χ2v) is 5.31. The van der Waals surface area contributed by atoms with E-state index in [1.54, 1.807) is 0 Å². The van der Waals surface area contributed by atoms with Gasteiger partial charge in [0.2, 0.25) is 5.91 Å². The number of halogens is 1. The SMILES string of the molecule is O=C1Cc2cc(Br)ccc2N1CC1CC1. The van der Waals surface area contributed by atoms with Gasteiger partial charge in [-0.05, 0) is 42.5 Å². The van der Waals surface area contributed by atoms with Crippen molar-refractivity contribution < 1.29 is 4.79 Å². The molecule has 0 aromatic heterocycles. The van der Waals surface area contributed by atoms with Crippen molar-refractivity contribution in [3.63, 3.8) is 0 Å². The quantitative estimate of drug-likeness (QED) is 0.806. The van der Waals surface area contributed by atoms with Crippen LogP contribution in [0.2, 0.25) is 0 Å². The van der Waals surface area contributed by atoms with E-state index in [2.05, 4.69) is 22.0 Å². The Balaban J connectivity index is 1.93. The van der Waals surface area contributed by atoms with Crippen LogP contribution in [-0.4, -0.2) is 12.5 Å². The molecule has 0 saturated heterocycles. The zero-order chi connectivity index (χ0) is 10.4. The van der Waals surface area contributed by atoms with E-state index in [0.717, 1.165) is 28.2 Å². The highest BCUT2D eigenvalue weighted by Crippen LogP contribution is 2.36. The highest BCUT2D eigenvalue weighted by Gasteiger charge is 2.32. The fraction of sp³-hybridized carbons (Fsp3) is 0.417. The molecule has 1 aliphatic heterocycles. The van der Waals surface area contributed by atoms with Gasteiger partial charge in [0.1, 0.15) is 0 Å². The summed E-state index contributed by atoms with van der Waals surface area (Å²) in [4.78, 5) is 13.8. The Morgan fingerprint density at radius 2 is 2.20 bits per heavy atom. The van der Waals surface area contributed by atoms with E-state index in [4.69, 9.17) is 0 Å². The van der Waals surface area contributed by atoms with E-state index in [1.165, 1.54) is 12.8 Å². The molecule has 1 aliphatic carbocycles. The molecule has 0 atom stereocenters. The molecule has 0 radical (unpaired) electrons. The highest BCUT2D eigenvalue weighted by molar-refractivity contribution is 9.10. The maximum atomic E-state index is 11.8. The van der Waals surface area contributed by atoms with E-state index in [1.807, 2.05) is 17.0 Å². The average Bonchev–Trinajstić information content (AvgIpc) is 2.93. The summed E-state index contributed by atoms with van der Waals surface area (Å²) in [5.41, 5.74) is 2.28. The van der Waals surface area contributed by atoms with Gasteiger partial charge in [-0.15, -0.1) is 0 Å². The first-order chi connectivity index (χ1) is 7.24. The van der Waals surface area contributed by atoms with Crippen LogP contribution in [0.15, 0.2) is 22.7 Å². The van der Waals surface area contributed by atoms with Crippen molar-refractivity contribution in [3.05, 3.63) is 28.2 Å². The number of hydrogen-bond acceptors (Lipinski definition) is 1. The number of rotatable bonds is 2. The van der Waals surface area contributed by atoms with Crippen LogP contribution in [0.25, 0.3) is 0 Å². The first kappa shape index (κ1) is 9.40. The maximum Gasteiger partial charge on any atom is 0.231 e. The van der Waals surface area contributed by atoms with Gasteiger partial charge in [0.05, 0.1) is 6.42 Å². The van der Waals surface area contributed by atoms with Crippen LogP contribution < -0.4 is 4.90 Å². The molecule has 1 aromatic rings. The summed E-state index contributed by atoms with van der Waals surface area (Å²) < 4.78 is 1.06. The van der Waals surface area contributed by atoms with Crippen LogP contribution in [0.4, 0.5) is 5.69 Å². The summed E-state index contributed by atoms with van der Waals surface area (Å²) in [5.74, 6) is 1.01. The molecule has 3 rings (SSSR count). The Morgan fingerprint density at radius 1 is 1.40 bits per heavy atom. The zero-order valence-corrected chi connectivity index (χ0v) is 9.96. The zero-order valence-electron chi connectivity index (χ0n) is 8.37. The molecule has 78 valence electrons. The second kappa shape index (κ2) is 3.34. The first-order valence-corrected chi connectivity index (χ1v) is 6.12. The molecule has 1 saturated carbocycles. The number of hydrogen-bond donors (Lipinski definition) is 0. The average molecular weight is 266 g/mol. The van der Waals surface area contributed by atoms with Crippen LogP contribution in [0.1, 0.15) is 18.4 Å². The molecule has 1 amide bonds. The van der Waals surface area contributed by atoms with E-state index < -0.39 is 0 Å². The van der Waals surface area contributed by atoms with Crippen LogP contribution in [0.3, 0.4) is 0 Å². The van der Waals surface area contributed by atoms with E-state index >= 15 is 0 Å². The van der Waals surface area contributed by atoms with Gasteiger partial charge in [-0.25, -0.2) is 0 Å². The van der Waals surface area contributed by atoms with Crippen molar-refractivity contribution in [2.45, 2.75) is 19.3 Å². The van der Waals surface area contributed by atoms with Crippen molar-refractivity contribution in [1.82, 2.24) is 0 Å². The number of carbonyl (C=O) groups excluding carboxylic acids is 1. The van der Waals surface area contributed by atoms with Crippen LogP contribution >= 0.6 is 15.9 Å². The standard InChI is InChI=1S/C12H12BrNO/c13-10-3-4-11-9(5-10)6-12(15)14(11)7-8-1-2-8/h3-5,8H,1-2,6-7H2. The fourth-order valence-electron chi connectivity index (χ4n) is 2.11. The van der Waals surface area contributed by atoms with Crippen molar-refractivity contribution in [2.24, 2.45) is 5.92 Å². The molecule has 0 bridgehead atoms. The summed E-state index contributed by atoms with van der Waals surface area (Å²) in [6.45, 7) is 0.924. The summed E-state index contributed by atoms with van der Waals surface area (Å²) in [6, 6.07) is 6.12. The predicted octanol–water partition coefficient (Wildman–Crippen LogP) is 2.75. The van der Waals surface area contributed by atoms with Gasteiger partial charge in [0, 0.05) is 16.7 Å². The molecule has 3 heteroatoms. The van der Waals surface area contributed by atoms with Crippen molar-refractivity contribution in [1.29, 1.82) is 0 Å². The molecule has 1 fully saturated rings. The lowest BCUT2D eigenvalue weighted by Gasteiger charge is -2.16. The summed E-state index contributed by atoms with van der Waals surface area (Å²) in [7, 11) is 0. The Labute approximate surface area is 97.4 Å². The van der Waals surface area contributed by atoms with E-state index in [-0.39, 0.29) is 5.91 Å². The van der Waals surface area contributed by atoms with Crippen LogP contribution in [-0.2, 0) is 11.2 Å². The summed E-state index contributed by atoms with van der Waals surface area (Å²) in [6.07, 6.45) is 3.15. The maximum absolute atomic E-state index is 11.8. The topological polar surface area (TPSA) is 20.3 Å². The van der Waals surface area contributed by atoms with Gasteiger partial charge in [-0.3, -0.25) is 4.79 Å². The van der Waals surface area contributed by atoms with Crippen molar-refractivity contribution in [3.8, 4) is 0 Å². The van der Waals surface area contributed by atoms with Crippen molar-refractivity contribution >= 4 is 27.5 Å². The number of amides is 1. The summed E-state index contributed by atoms with van der Waals surface area (Å²) in [5, 5.41) is 0. The number of benzene rings is 1. The number of carbonyl (C=O) groups is 1. The number of nitrogens with zero attached hydrogens (tertiary/aromatic N) is 1. The molecule has 0 N–H and O–H groups in total. The molecular formula is C12H12BrNO. The van der Waals surface area contributed by atoms with Gasteiger partial charge in [0.15, 0.2) is 0 Å². The molecule has 2 aliphatic rings. The number of fused-ring (bicyclic) bond motifs is 1. The summed E-state index contributed by atoms with van der Waals surface area (Å²) >= 11 is 3.44. The third kappa shape index (κ3) is 1.69. The smallest absolute Gasteiger partial charge is 0.231 e. The van der Waals surface area contributed by atoms with E-state index in [9.17, 15) is 4.79 Å². The monoisotopic (exact) mass is 265 g/mol. The predicted molar refractivity (Wildman–Crippen MR) is 62.9 cm³/mol. The van der Waals surface area contributed by atoms with Gasteiger partial charge < -0.3 is 4.90 Å². The van der Waals surface area contributed by atoms with Crippen molar-refractivity contribution in [2.75, 3.05) is 11.4 Å². The minimum atomic E-state index is 0.259. The molecular weight excluding hydrogens is 254 g/mol. The molecule has 0 unspecified atom stereocenters. The normalized spacial score (nSPS) is 19.5. The Kier molecular flexibility index (Phi) is 2.09. The molecule has 0 spiro atoms. The van der Waals surface area contributed by atoms with Gasteiger partial charge in [0.25, 0.3) is 0 Å². The largest absolute Gasteiger partial charge is 0.312 e. The second-order valence-electron chi connectivity index (χ2n) is 4.40. The van der Waals surface area contributed by atoms with E-state index in [0.29, 0.717) is 6.42 Å². The fourth-order valence-corrected chi connectivity index (χ4v) is 2.52. The minimum absolute atomic E-state index is 0.259. The molecule has 15 heavy (non-hydrogen) atoms. The lowest BCUT2D eigenvalue weighted by atomic mass is 10.2. The third-order valence-corrected chi connectivity index (χ3v) is 3.61. The Morgan fingerprint density at radius 3 is 2.93 bits per heavy atom. The first-order valence-electron chi connectivity index (χ1n) is 5.33. The number of anilines is 1. The minimum Gasteiger partial charge on any atom is -0.312 e. The molecule has 1 aromatic carbocycles. The molecule has 1 heterocycles. The van der Waals surface area contributed by atoms with Gasteiger partial charge in [-0.1, -0.05) is 15.9 Å².